The van der Waals surface area contributed by atoms with E-state index in [4.69, 9.17) is 19.9 Å². The van der Waals surface area contributed by atoms with Crippen LogP contribution >= 0.6 is 0 Å². The maximum atomic E-state index is 14.3. The number of nitrogens with two attached hydrogens (primary N) is 1. The van der Waals surface area contributed by atoms with Crippen molar-refractivity contribution in [1.82, 2.24) is 15.3 Å². The summed E-state index contributed by atoms with van der Waals surface area (Å²) in [5.41, 5.74) is 7.81. The summed E-state index contributed by atoms with van der Waals surface area (Å²) < 4.78 is 32.0. The number of fused-ring (bicyclic) bond motifs is 4. The second kappa shape index (κ2) is 6.77. The molecule has 2 aliphatic rings. The molecule has 2 aliphatic heterocycles. The molecule has 8 heteroatoms. The van der Waals surface area contributed by atoms with Crippen LogP contribution in [0.4, 0.5) is 4.39 Å². The third-order valence-corrected chi connectivity index (χ3v) is 5.26. The number of halogens is 1. The predicted octanol–water partition coefficient (Wildman–Crippen LogP) is 2.55. The van der Waals surface area contributed by atoms with Crippen LogP contribution in [0, 0.1) is 5.95 Å². The van der Waals surface area contributed by atoms with Crippen LogP contribution in [0.15, 0.2) is 48.8 Å². The number of hydrogen-bond donors (Lipinski definition) is 2. The standard InChI is InChI=1S/C21H19FN4O3/c1-27-19-8-15-17(9-26-19)28-16-5-4-12(13-3-2-6-25-20(13)22)7-14(16)21(15)11-24-10-18(23)29-21/h2-9,18,24H,10-11,23H2,1H3/t18-,21?/m0/s1. The Balaban J connectivity index is 1.73. The second-order valence-electron chi connectivity index (χ2n) is 6.99. The first-order chi connectivity index (χ1) is 14.1. The predicted molar refractivity (Wildman–Crippen MR) is 103 cm³/mol. The van der Waals surface area contributed by atoms with Gasteiger partial charge in [0, 0.05) is 42.0 Å². The molecule has 29 heavy (non-hydrogen) atoms. The molecular formula is C21H19FN4O3. The average Bonchev–Trinajstić information content (AvgIpc) is 2.74. The van der Waals surface area contributed by atoms with E-state index in [-0.39, 0.29) is 0 Å². The summed E-state index contributed by atoms with van der Waals surface area (Å²) in [5, 5.41) is 3.33. The molecule has 0 amide bonds. The van der Waals surface area contributed by atoms with Gasteiger partial charge in [-0.1, -0.05) is 6.07 Å². The fourth-order valence-corrected chi connectivity index (χ4v) is 3.95. The van der Waals surface area contributed by atoms with Gasteiger partial charge >= 0.3 is 0 Å². The molecule has 2 atom stereocenters. The van der Waals surface area contributed by atoms with E-state index in [0.717, 1.165) is 11.1 Å². The summed E-state index contributed by atoms with van der Waals surface area (Å²) in [7, 11) is 1.55. The average molecular weight is 394 g/mol. The topological polar surface area (TPSA) is 91.5 Å². The van der Waals surface area contributed by atoms with Crippen LogP contribution in [-0.4, -0.2) is 36.4 Å². The van der Waals surface area contributed by atoms with Crippen LogP contribution in [0.25, 0.3) is 11.1 Å². The molecule has 0 saturated carbocycles. The molecule has 0 bridgehead atoms. The van der Waals surface area contributed by atoms with Crippen molar-refractivity contribution in [3.63, 3.8) is 0 Å². The van der Waals surface area contributed by atoms with Gasteiger partial charge in [0.15, 0.2) is 5.75 Å². The van der Waals surface area contributed by atoms with Crippen molar-refractivity contribution in [3.05, 3.63) is 65.9 Å². The quantitative estimate of drug-likeness (QED) is 0.646. The van der Waals surface area contributed by atoms with E-state index in [1.54, 1.807) is 43.6 Å². The molecule has 1 fully saturated rings. The maximum Gasteiger partial charge on any atom is 0.220 e. The van der Waals surface area contributed by atoms with Gasteiger partial charge in [0.05, 0.1) is 13.3 Å². The van der Waals surface area contributed by atoms with E-state index in [9.17, 15) is 4.39 Å². The molecule has 3 aromatic rings. The van der Waals surface area contributed by atoms with Crippen LogP contribution in [0.1, 0.15) is 11.1 Å². The minimum Gasteiger partial charge on any atom is -0.481 e. The fourth-order valence-electron chi connectivity index (χ4n) is 3.95. The van der Waals surface area contributed by atoms with Gasteiger partial charge in [-0.15, -0.1) is 0 Å². The molecule has 5 rings (SSSR count). The Kier molecular flexibility index (Phi) is 4.20. The molecule has 3 N–H and O–H groups in total. The van der Waals surface area contributed by atoms with Gasteiger partial charge in [0.1, 0.15) is 17.6 Å². The zero-order valence-electron chi connectivity index (χ0n) is 15.7. The summed E-state index contributed by atoms with van der Waals surface area (Å²) in [6.07, 6.45) is 2.50. The number of aromatic nitrogens is 2. The number of ether oxygens (including phenoxy) is 3. The van der Waals surface area contributed by atoms with Crippen molar-refractivity contribution in [2.75, 3.05) is 20.2 Å². The van der Waals surface area contributed by atoms with Crippen LogP contribution in [0.5, 0.6) is 17.4 Å². The molecular weight excluding hydrogens is 375 g/mol. The SMILES string of the molecule is COc1cc2c(cn1)Oc1ccc(-c3cccnc3F)cc1C21CNC[C@@H](N)O1. The van der Waals surface area contributed by atoms with Gasteiger partial charge in [-0.2, -0.15) is 4.39 Å². The molecule has 1 saturated heterocycles. The van der Waals surface area contributed by atoms with Crippen molar-refractivity contribution < 1.29 is 18.6 Å². The summed E-state index contributed by atoms with van der Waals surface area (Å²) in [6.45, 7) is 0.989. The van der Waals surface area contributed by atoms with Gasteiger partial charge in [-0.05, 0) is 29.8 Å². The number of morpholine rings is 1. The van der Waals surface area contributed by atoms with E-state index in [2.05, 4.69) is 15.3 Å². The first-order valence-electron chi connectivity index (χ1n) is 9.22. The highest BCUT2D eigenvalue weighted by Crippen LogP contribution is 2.51. The van der Waals surface area contributed by atoms with Crippen molar-refractivity contribution in [3.8, 4) is 28.5 Å². The lowest BCUT2D eigenvalue weighted by Gasteiger charge is -2.44. The van der Waals surface area contributed by atoms with Gasteiger partial charge in [0.25, 0.3) is 0 Å². The van der Waals surface area contributed by atoms with Crippen molar-refractivity contribution >= 4 is 0 Å². The van der Waals surface area contributed by atoms with Gasteiger partial charge in [0.2, 0.25) is 11.8 Å². The molecule has 1 spiro atoms. The zero-order chi connectivity index (χ0) is 20.0. The smallest absolute Gasteiger partial charge is 0.220 e. The fraction of sp³-hybridized carbons (Fsp3) is 0.238. The van der Waals surface area contributed by atoms with Crippen LogP contribution < -0.4 is 20.5 Å². The first kappa shape index (κ1) is 18.0. The zero-order valence-corrected chi connectivity index (χ0v) is 15.7. The van der Waals surface area contributed by atoms with Gasteiger partial charge < -0.3 is 25.3 Å². The molecule has 0 radical (unpaired) electrons. The van der Waals surface area contributed by atoms with Crippen LogP contribution in [0.2, 0.25) is 0 Å². The molecule has 2 aromatic heterocycles. The van der Waals surface area contributed by atoms with E-state index in [0.29, 0.717) is 41.6 Å². The van der Waals surface area contributed by atoms with Gasteiger partial charge in [-0.25, -0.2) is 9.97 Å². The Morgan fingerprint density at radius 3 is 2.86 bits per heavy atom. The highest BCUT2D eigenvalue weighted by Gasteiger charge is 2.47. The Morgan fingerprint density at radius 2 is 2.07 bits per heavy atom. The number of hydrogen-bond acceptors (Lipinski definition) is 7. The van der Waals surface area contributed by atoms with E-state index < -0.39 is 17.8 Å². The molecule has 4 heterocycles. The van der Waals surface area contributed by atoms with Crippen LogP contribution in [-0.2, 0) is 10.3 Å². The summed E-state index contributed by atoms with van der Waals surface area (Å²) in [5.74, 6) is 1.07. The minimum atomic E-state index is -0.925. The Bertz CT molecular complexity index is 1090. The molecule has 0 aliphatic carbocycles. The van der Waals surface area contributed by atoms with Crippen molar-refractivity contribution in [1.29, 1.82) is 0 Å². The normalized spacial score (nSPS) is 22.5. The van der Waals surface area contributed by atoms with E-state index >= 15 is 0 Å². The maximum absolute atomic E-state index is 14.3. The number of methoxy groups -OCH3 is 1. The number of rotatable bonds is 2. The molecule has 148 valence electrons. The molecule has 1 aromatic carbocycles. The molecule has 7 nitrogen and oxygen atoms in total. The summed E-state index contributed by atoms with van der Waals surface area (Å²) in [4.78, 5) is 8.00. The van der Waals surface area contributed by atoms with E-state index in [1.165, 1.54) is 6.20 Å². The van der Waals surface area contributed by atoms with Crippen molar-refractivity contribution in [2.24, 2.45) is 5.73 Å². The third kappa shape index (κ3) is 2.84. The monoisotopic (exact) mass is 394 g/mol. The Hall–Kier alpha value is -3.07. The van der Waals surface area contributed by atoms with Gasteiger partial charge in [-0.3, -0.25) is 0 Å². The number of benzene rings is 1. The van der Waals surface area contributed by atoms with E-state index in [1.807, 2.05) is 6.07 Å². The minimum absolute atomic E-state index is 0.400. The lowest BCUT2D eigenvalue weighted by Crippen LogP contribution is -2.56. The highest BCUT2D eigenvalue weighted by atomic mass is 19.1. The Morgan fingerprint density at radius 1 is 1.21 bits per heavy atom. The molecule has 1 unspecified atom stereocenters. The van der Waals surface area contributed by atoms with Crippen LogP contribution in [0.3, 0.4) is 0 Å². The first-order valence-corrected chi connectivity index (χ1v) is 9.22. The number of pyridine rings is 2. The Labute approximate surface area is 166 Å². The third-order valence-electron chi connectivity index (χ3n) is 5.26. The summed E-state index contributed by atoms with van der Waals surface area (Å²) >= 11 is 0. The lowest BCUT2D eigenvalue weighted by atomic mass is 9.81. The lowest BCUT2D eigenvalue weighted by molar-refractivity contribution is -0.0971. The summed E-state index contributed by atoms with van der Waals surface area (Å²) in [6, 6.07) is 10.6. The van der Waals surface area contributed by atoms with Crippen molar-refractivity contribution in [2.45, 2.75) is 11.8 Å². The largest absolute Gasteiger partial charge is 0.481 e. The second-order valence-corrected chi connectivity index (χ2v) is 6.99. The number of nitrogens with zero attached hydrogens (tertiary/aromatic N) is 2. The highest BCUT2D eigenvalue weighted by molar-refractivity contribution is 5.68. The number of nitrogens with one attached hydrogen (secondary N) is 1.